The number of hydrogen-bond acceptors (Lipinski definition) is 4. The van der Waals surface area contributed by atoms with E-state index in [9.17, 15) is 9.18 Å². The van der Waals surface area contributed by atoms with Gasteiger partial charge in [0.2, 0.25) is 5.91 Å². The zero-order chi connectivity index (χ0) is 15.6. The fraction of sp³-hybridized carbons (Fsp3) is 0.625. The monoisotopic (exact) mass is 307 g/mol. The molecule has 1 aromatic rings. The number of hydrogen-bond donors (Lipinski definition) is 0. The molecule has 120 valence electrons. The van der Waals surface area contributed by atoms with Crippen LogP contribution in [-0.4, -0.2) is 55.7 Å². The third-order valence-corrected chi connectivity index (χ3v) is 4.78. The minimum absolute atomic E-state index is 0.236. The second kappa shape index (κ2) is 6.20. The molecule has 2 aliphatic heterocycles. The summed E-state index contributed by atoms with van der Waals surface area (Å²) in [5.74, 6) is 0.651. The van der Waals surface area contributed by atoms with E-state index in [4.69, 9.17) is 4.74 Å². The van der Waals surface area contributed by atoms with Gasteiger partial charge in [0.15, 0.2) is 0 Å². The molecule has 22 heavy (non-hydrogen) atoms. The number of anilines is 1. The molecule has 1 aromatic heterocycles. The number of carbonyl (C=O) groups excluding carboxylic acids is 1. The first-order valence-electron chi connectivity index (χ1n) is 7.79. The van der Waals surface area contributed by atoms with Crippen molar-refractivity contribution in [3.8, 4) is 0 Å². The van der Waals surface area contributed by atoms with Gasteiger partial charge in [0.1, 0.15) is 11.6 Å². The third kappa shape index (κ3) is 2.79. The predicted octanol–water partition coefficient (Wildman–Crippen LogP) is 1.69. The molecule has 0 aliphatic carbocycles. The standard InChI is InChI=1S/C16H22FN3O2/c1-22-10-9-19-7-2-5-16(15(19)21)6-8-20(12-16)14-4-3-13(17)11-18-14/h3-4,11H,2,5-10,12H2,1H3/t16-/m1/s1. The lowest BCUT2D eigenvalue weighted by atomic mass is 9.78. The molecule has 6 heteroatoms. The maximum absolute atomic E-state index is 13.0. The van der Waals surface area contributed by atoms with E-state index in [1.165, 1.54) is 12.3 Å². The van der Waals surface area contributed by atoms with Crippen molar-refractivity contribution in [2.24, 2.45) is 5.41 Å². The van der Waals surface area contributed by atoms with Gasteiger partial charge in [-0.25, -0.2) is 9.37 Å². The maximum Gasteiger partial charge on any atom is 0.230 e. The van der Waals surface area contributed by atoms with E-state index in [2.05, 4.69) is 9.88 Å². The van der Waals surface area contributed by atoms with Gasteiger partial charge in [-0.2, -0.15) is 0 Å². The minimum atomic E-state index is -0.336. The van der Waals surface area contributed by atoms with Crippen molar-refractivity contribution in [3.63, 3.8) is 0 Å². The smallest absolute Gasteiger partial charge is 0.230 e. The van der Waals surface area contributed by atoms with Crippen molar-refractivity contribution in [3.05, 3.63) is 24.1 Å². The highest BCUT2D eigenvalue weighted by atomic mass is 19.1. The van der Waals surface area contributed by atoms with Gasteiger partial charge in [-0.3, -0.25) is 4.79 Å². The zero-order valence-electron chi connectivity index (χ0n) is 12.9. The molecule has 2 saturated heterocycles. The van der Waals surface area contributed by atoms with Crippen molar-refractivity contribution in [2.75, 3.05) is 44.8 Å². The minimum Gasteiger partial charge on any atom is -0.383 e. The van der Waals surface area contributed by atoms with Gasteiger partial charge < -0.3 is 14.5 Å². The Morgan fingerprint density at radius 3 is 2.95 bits per heavy atom. The topological polar surface area (TPSA) is 45.7 Å². The Bertz CT molecular complexity index is 537. The van der Waals surface area contributed by atoms with Crippen LogP contribution in [0.15, 0.2) is 18.3 Å². The van der Waals surface area contributed by atoms with E-state index >= 15 is 0 Å². The van der Waals surface area contributed by atoms with Gasteiger partial charge in [0.05, 0.1) is 18.2 Å². The normalized spacial score (nSPS) is 25.3. The Hall–Kier alpha value is -1.69. The number of nitrogens with zero attached hydrogens (tertiary/aromatic N) is 3. The number of amides is 1. The first-order chi connectivity index (χ1) is 10.6. The summed E-state index contributed by atoms with van der Waals surface area (Å²) < 4.78 is 18.1. The fourth-order valence-corrected chi connectivity index (χ4v) is 3.57. The summed E-state index contributed by atoms with van der Waals surface area (Å²) >= 11 is 0. The largest absolute Gasteiger partial charge is 0.383 e. The number of ether oxygens (including phenoxy) is 1. The molecular formula is C16H22FN3O2. The average molecular weight is 307 g/mol. The molecule has 3 heterocycles. The molecule has 3 rings (SSSR count). The molecule has 1 amide bonds. The summed E-state index contributed by atoms with van der Waals surface area (Å²) in [5, 5.41) is 0. The van der Waals surface area contributed by atoms with Gasteiger partial charge in [-0.05, 0) is 31.4 Å². The number of halogens is 1. The van der Waals surface area contributed by atoms with Crippen LogP contribution < -0.4 is 4.90 Å². The third-order valence-electron chi connectivity index (χ3n) is 4.78. The Morgan fingerprint density at radius 1 is 1.36 bits per heavy atom. The molecule has 0 bridgehead atoms. The van der Waals surface area contributed by atoms with Crippen molar-refractivity contribution in [2.45, 2.75) is 19.3 Å². The highest BCUT2D eigenvalue weighted by Gasteiger charge is 2.48. The second-order valence-electron chi connectivity index (χ2n) is 6.18. The number of aromatic nitrogens is 1. The number of likely N-dealkylation sites (tertiary alicyclic amines) is 1. The Kier molecular flexibility index (Phi) is 4.29. The molecule has 0 radical (unpaired) electrons. The molecular weight excluding hydrogens is 285 g/mol. The second-order valence-corrected chi connectivity index (χ2v) is 6.18. The Labute approximate surface area is 130 Å². The van der Waals surface area contributed by atoms with E-state index in [1.54, 1.807) is 13.2 Å². The van der Waals surface area contributed by atoms with E-state index in [1.807, 2.05) is 4.90 Å². The van der Waals surface area contributed by atoms with Crippen LogP contribution in [0.25, 0.3) is 0 Å². The SMILES string of the molecule is COCCN1CCC[C@]2(CCN(c3ccc(F)cn3)C2)C1=O. The van der Waals surface area contributed by atoms with Gasteiger partial charge in [-0.1, -0.05) is 0 Å². The molecule has 2 aliphatic rings. The highest BCUT2D eigenvalue weighted by molar-refractivity contribution is 5.85. The number of rotatable bonds is 4. The van der Waals surface area contributed by atoms with Crippen LogP contribution in [0.4, 0.5) is 10.2 Å². The van der Waals surface area contributed by atoms with E-state index in [0.717, 1.165) is 38.2 Å². The highest BCUT2D eigenvalue weighted by Crippen LogP contribution is 2.41. The molecule has 0 aromatic carbocycles. The summed E-state index contributed by atoms with van der Waals surface area (Å²) in [6, 6.07) is 3.10. The number of piperidine rings is 1. The maximum atomic E-state index is 13.0. The van der Waals surface area contributed by atoms with Gasteiger partial charge >= 0.3 is 0 Å². The first kappa shape index (κ1) is 15.2. The van der Waals surface area contributed by atoms with Crippen LogP contribution in [-0.2, 0) is 9.53 Å². The van der Waals surface area contributed by atoms with Gasteiger partial charge in [0.25, 0.3) is 0 Å². The number of methoxy groups -OCH3 is 1. The molecule has 0 N–H and O–H groups in total. The van der Waals surface area contributed by atoms with Crippen LogP contribution in [0, 0.1) is 11.2 Å². The lowest BCUT2D eigenvalue weighted by molar-refractivity contribution is -0.145. The van der Waals surface area contributed by atoms with Crippen LogP contribution in [0.3, 0.4) is 0 Å². The predicted molar refractivity (Wildman–Crippen MR) is 81.1 cm³/mol. The fourth-order valence-electron chi connectivity index (χ4n) is 3.57. The Morgan fingerprint density at radius 2 is 2.23 bits per heavy atom. The van der Waals surface area contributed by atoms with E-state index in [0.29, 0.717) is 19.7 Å². The molecule has 5 nitrogen and oxygen atoms in total. The van der Waals surface area contributed by atoms with Crippen molar-refractivity contribution in [1.29, 1.82) is 0 Å². The van der Waals surface area contributed by atoms with Gasteiger partial charge in [-0.15, -0.1) is 0 Å². The molecule has 1 spiro atoms. The summed E-state index contributed by atoms with van der Waals surface area (Å²) in [5.41, 5.74) is -0.304. The zero-order valence-corrected chi connectivity index (χ0v) is 12.9. The number of pyridine rings is 1. The van der Waals surface area contributed by atoms with Crippen molar-refractivity contribution in [1.82, 2.24) is 9.88 Å². The van der Waals surface area contributed by atoms with Crippen molar-refractivity contribution >= 4 is 11.7 Å². The summed E-state index contributed by atoms with van der Waals surface area (Å²) in [6.07, 6.45) is 4.02. The van der Waals surface area contributed by atoms with Crippen LogP contribution in [0.2, 0.25) is 0 Å². The molecule has 0 unspecified atom stereocenters. The first-order valence-corrected chi connectivity index (χ1v) is 7.79. The summed E-state index contributed by atoms with van der Waals surface area (Å²) in [6.45, 7) is 3.52. The molecule has 1 atom stereocenters. The lowest BCUT2D eigenvalue weighted by Crippen LogP contribution is -2.51. The van der Waals surface area contributed by atoms with Crippen LogP contribution in [0.1, 0.15) is 19.3 Å². The van der Waals surface area contributed by atoms with Gasteiger partial charge in [0, 0.05) is 33.3 Å². The summed E-state index contributed by atoms with van der Waals surface area (Å²) in [4.78, 5) is 21.0. The molecule has 0 saturated carbocycles. The quantitative estimate of drug-likeness (QED) is 0.849. The molecule has 2 fully saturated rings. The number of carbonyl (C=O) groups is 1. The van der Waals surface area contributed by atoms with E-state index in [-0.39, 0.29) is 17.1 Å². The van der Waals surface area contributed by atoms with Crippen molar-refractivity contribution < 1.29 is 13.9 Å². The average Bonchev–Trinajstić information content (AvgIpc) is 2.95. The lowest BCUT2D eigenvalue weighted by Gasteiger charge is -2.39. The van der Waals surface area contributed by atoms with E-state index < -0.39 is 0 Å². The Balaban J connectivity index is 1.71. The summed E-state index contributed by atoms with van der Waals surface area (Å²) in [7, 11) is 1.65. The van der Waals surface area contributed by atoms with Crippen LogP contribution in [0.5, 0.6) is 0 Å². The van der Waals surface area contributed by atoms with Crippen LogP contribution >= 0.6 is 0 Å².